The Labute approximate surface area is 120 Å². The molecule has 0 unspecified atom stereocenters. The summed E-state index contributed by atoms with van der Waals surface area (Å²) in [7, 11) is 0. The Kier molecular flexibility index (Phi) is 4020. The molecular weight excluding hydrogens is 234 g/mol. The highest BCUT2D eigenvalue weighted by Gasteiger charge is 0.191. The molecule has 0 atom stereocenters. The first-order valence-corrected chi connectivity index (χ1v) is 0. The average molecular weight is 259 g/mol. The van der Waals surface area contributed by atoms with Gasteiger partial charge in [0, 0.05) is 0 Å². The Morgan fingerprint density at radius 3 is 0.300 bits per heavy atom. The summed E-state index contributed by atoms with van der Waals surface area (Å²) in [5, 5.41) is 0. The van der Waals surface area contributed by atoms with Gasteiger partial charge in [0.2, 0.25) is 0 Å². The Balaban J connectivity index is 0. The second-order valence-corrected chi connectivity index (χ2v) is 0. The SMILES string of the molecule is Cl.O.O.O.O.[AlH3].[AlH3].[AlH3].[AlH3].[AlH3]. The summed E-state index contributed by atoms with van der Waals surface area (Å²) in [4.78, 5) is 0. The molecule has 0 aromatic rings. The van der Waals surface area contributed by atoms with E-state index in [1.54, 1.807) is 0 Å². The number of rotatable bonds is 0. The average Bonchev–Trinajstić information content (AvgIpc) is 0. The zero-order valence-corrected chi connectivity index (χ0v) is 3.22. The second kappa shape index (κ2) is 176. The van der Waals surface area contributed by atoms with E-state index < -0.39 is 0 Å². The summed E-state index contributed by atoms with van der Waals surface area (Å²) in [5.74, 6) is 0. The first kappa shape index (κ1) is 228. The van der Waals surface area contributed by atoms with E-state index in [9.17, 15) is 0 Å². The van der Waals surface area contributed by atoms with Crippen LogP contribution in [0.4, 0.5) is 0 Å². The monoisotopic (exact) mass is 258 g/mol. The molecule has 0 aromatic heterocycles. The summed E-state index contributed by atoms with van der Waals surface area (Å²) in [6, 6.07) is 0. The third-order valence-electron chi connectivity index (χ3n) is 0. The largest absolute Gasteiger partial charge is 0.412 e. The normalized spacial score (nSPS) is 0. The molecule has 0 heterocycles. The van der Waals surface area contributed by atoms with Gasteiger partial charge in [0.15, 0.2) is 86.8 Å². The summed E-state index contributed by atoms with van der Waals surface area (Å²) in [5.41, 5.74) is 0. The smallest absolute Gasteiger partial charge is 0.187 e. The van der Waals surface area contributed by atoms with Gasteiger partial charge in [-0.25, -0.2) is 0 Å². The van der Waals surface area contributed by atoms with Crippen LogP contribution in [0, 0.1) is 0 Å². The number of hydrogen-bond acceptors (Lipinski definition) is 0. The van der Waals surface area contributed by atoms with Crippen molar-refractivity contribution in [2.75, 3.05) is 0 Å². The van der Waals surface area contributed by atoms with E-state index >= 15 is 0 Å². The van der Waals surface area contributed by atoms with Crippen LogP contribution in [0.25, 0.3) is 0 Å². The predicted molar refractivity (Wildman–Crippen MR) is 71.4 cm³/mol. The minimum Gasteiger partial charge on any atom is -0.412 e. The Morgan fingerprint density at radius 2 is 0.300 bits per heavy atom. The van der Waals surface area contributed by atoms with Crippen molar-refractivity contribution in [2.45, 2.75) is 0 Å². The van der Waals surface area contributed by atoms with Crippen molar-refractivity contribution >= 4 is 99.2 Å². The van der Waals surface area contributed by atoms with Gasteiger partial charge < -0.3 is 21.9 Å². The van der Waals surface area contributed by atoms with E-state index in [4.69, 9.17) is 0 Å². The van der Waals surface area contributed by atoms with Crippen molar-refractivity contribution in [1.82, 2.24) is 0 Å². The van der Waals surface area contributed by atoms with E-state index in [0.29, 0.717) is 0 Å². The van der Waals surface area contributed by atoms with Gasteiger partial charge in [-0.3, -0.25) is 0 Å². The Hall–Kier alpha value is 2.79. The van der Waals surface area contributed by atoms with Crippen LogP contribution in [-0.2, 0) is 0 Å². The molecule has 10 heteroatoms. The maximum absolute atomic E-state index is 0. The molecule has 0 radical (unpaired) electrons. The minimum absolute atomic E-state index is 0. The first-order chi connectivity index (χ1) is 0. The van der Waals surface area contributed by atoms with Gasteiger partial charge in [-0.15, -0.1) is 12.4 Å². The van der Waals surface area contributed by atoms with E-state index in [1.807, 2.05) is 0 Å². The van der Waals surface area contributed by atoms with Crippen molar-refractivity contribution in [3.8, 4) is 0 Å². The summed E-state index contributed by atoms with van der Waals surface area (Å²) in [6.07, 6.45) is 0. The third kappa shape index (κ3) is 133. The fraction of sp³-hybridized carbons (Fsp3) is 0. The molecule has 8 N–H and O–H groups in total. The summed E-state index contributed by atoms with van der Waals surface area (Å²) in [6.45, 7) is 0. The molecule has 0 rings (SSSR count). The van der Waals surface area contributed by atoms with Crippen LogP contribution < -0.4 is 0 Å². The minimum atomic E-state index is 0. The predicted octanol–water partition coefficient (Wildman–Crippen LogP) is -8.80. The van der Waals surface area contributed by atoms with Crippen molar-refractivity contribution in [1.29, 1.82) is 0 Å². The van der Waals surface area contributed by atoms with Gasteiger partial charge in [-0.1, -0.05) is 0 Å². The molecule has 0 saturated carbocycles. The quantitative estimate of drug-likeness (QED) is 0.383. The highest BCUT2D eigenvalue weighted by atomic mass is 35.5. The lowest BCUT2D eigenvalue weighted by Crippen LogP contribution is -0.382. The molecule has 0 aliphatic carbocycles. The van der Waals surface area contributed by atoms with E-state index in [2.05, 4.69) is 0 Å². The molecular formula is H24Al5ClO4. The van der Waals surface area contributed by atoms with Crippen LogP contribution in [0.15, 0.2) is 0 Å². The van der Waals surface area contributed by atoms with Crippen LogP contribution in [0.2, 0.25) is 0 Å². The number of halogens is 1. The molecule has 4 nitrogen and oxygen atoms in total. The van der Waals surface area contributed by atoms with Gasteiger partial charge >= 0.3 is 0 Å². The molecule has 70 valence electrons. The van der Waals surface area contributed by atoms with Crippen LogP contribution >= 0.6 is 12.4 Å². The lowest BCUT2D eigenvalue weighted by molar-refractivity contribution is 0.823. The summed E-state index contributed by atoms with van der Waals surface area (Å²) >= 11 is 0. The Morgan fingerprint density at radius 1 is 0.300 bits per heavy atom. The van der Waals surface area contributed by atoms with E-state index in [1.165, 1.54) is 0 Å². The first-order valence-electron chi connectivity index (χ1n) is 0. The Bertz CT molecular complexity index is 13.6. The van der Waals surface area contributed by atoms with Crippen molar-refractivity contribution in [2.24, 2.45) is 0 Å². The fourth-order valence-electron chi connectivity index (χ4n) is 0. The maximum atomic E-state index is 0. The lowest BCUT2D eigenvalue weighted by atomic mass is 16.0. The third-order valence-corrected chi connectivity index (χ3v) is 0. The van der Waals surface area contributed by atoms with Crippen LogP contribution in [0.1, 0.15) is 0 Å². The van der Waals surface area contributed by atoms with E-state index in [0.717, 1.165) is 0 Å². The molecule has 0 saturated heterocycles. The van der Waals surface area contributed by atoms with Crippen LogP contribution in [-0.4, -0.2) is 109 Å². The molecule has 0 amide bonds. The van der Waals surface area contributed by atoms with Crippen LogP contribution in [0.3, 0.4) is 0 Å². The molecule has 0 aliphatic rings. The molecule has 0 fully saturated rings. The highest BCUT2D eigenvalue weighted by molar-refractivity contribution is 5.85. The topological polar surface area (TPSA) is 126 Å². The standard InChI is InChI=1S/5Al.ClH.4H2O.15H/h;;;;;1H;4*1H2;;;;;;;;;;;;;;;. The molecule has 0 aliphatic heterocycles. The maximum Gasteiger partial charge on any atom is 0.187 e. The zero-order valence-electron chi connectivity index (χ0n) is 2.41. The van der Waals surface area contributed by atoms with Crippen molar-refractivity contribution in [3.05, 3.63) is 0 Å². The van der Waals surface area contributed by atoms with Gasteiger partial charge in [0.25, 0.3) is 0 Å². The van der Waals surface area contributed by atoms with Gasteiger partial charge in [0.1, 0.15) is 0 Å². The summed E-state index contributed by atoms with van der Waals surface area (Å²) < 4.78 is 0. The van der Waals surface area contributed by atoms with E-state index in [-0.39, 0.29) is 121 Å². The van der Waals surface area contributed by atoms with Gasteiger partial charge in [-0.2, -0.15) is 0 Å². The fourth-order valence-corrected chi connectivity index (χ4v) is 0. The number of hydrogen-bond donors (Lipinski definition) is 0. The van der Waals surface area contributed by atoms with Crippen LogP contribution in [0.5, 0.6) is 0 Å². The highest BCUT2D eigenvalue weighted by Crippen LogP contribution is 0.690. The zero-order chi connectivity index (χ0) is 0. The van der Waals surface area contributed by atoms with Crippen molar-refractivity contribution in [3.63, 3.8) is 0 Å². The second-order valence-electron chi connectivity index (χ2n) is 0. The van der Waals surface area contributed by atoms with Gasteiger partial charge in [0.05, 0.1) is 0 Å². The molecule has 0 bridgehead atoms. The van der Waals surface area contributed by atoms with Crippen molar-refractivity contribution < 1.29 is 21.9 Å². The molecule has 0 aromatic carbocycles. The lowest BCUT2D eigenvalue weighted by Gasteiger charge is -0.413. The molecule has 10 heavy (non-hydrogen) atoms. The van der Waals surface area contributed by atoms with Gasteiger partial charge in [-0.05, 0) is 0 Å². The molecule has 0 spiro atoms.